The summed E-state index contributed by atoms with van der Waals surface area (Å²) in [5, 5.41) is 14.6. The van der Waals surface area contributed by atoms with E-state index >= 15 is 0 Å². The second-order valence-electron chi connectivity index (χ2n) is 17.7. The average molecular weight is 908 g/mol. The molecule has 16 heteroatoms. The smallest absolute Gasteiger partial charge is 0.303 e. The normalized spacial score (nSPS) is 20.6. The molecule has 5 N–H and O–H groups in total. The van der Waals surface area contributed by atoms with Gasteiger partial charge in [-0.1, -0.05) is 77.0 Å². The number of carbonyl (C=O) groups is 3. The summed E-state index contributed by atoms with van der Waals surface area (Å²) in [5.41, 5.74) is 4.11. The highest BCUT2D eigenvalue weighted by molar-refractivity contribution is 7.86. The number of fused-ring (bicyclic) bond motifs is 2. The molecule has 1 atom stereocenters. The van der Waals surface area contributed by atoms with E-state index in [0.717, 1.165) is 48.6 Å². The second kappa shape index (κ2) is 19.9. The molecule has 0 radical (unpaired) electrons. The first kappa shape index (κ1) is 49.1. The number of nitrogens with one attached hydrogen (secondary N) is 2. The lowest BCUT2D eigenvalue weighted by Crippen LogP contribution is -2.53. The Labute approximate surface area is 372 Å². The van der Waals surface area contributed by atoms with Gasteiger partial charge in [-0.25, -0.2) is 0 Å². The zero-order valence-corrected chi connectivity index (χ0v) is 38.9. The standard InChI is InChI=1S/C47H62N4O10S2/c1-7-9-27-51-38-16-13-12-15-36(38)45(3,4)40(51)22-18-33-29-34(19-23-41-46(5,6)37-30-35(63(59,60)61)20-21-39(37)50(41)26-8-2)32-47(31-33,44(55)49-25-28-62(56,57)58)43(54)48-24-14-10-11-17-42(52)53/h12-13,15-16,18-23,29-30H,7-11,14,17,24-28,31-32H2,1-6H3,(H4-,48,49,52,53,54,55,56,57,58,59,60,61)/p+1. The van der Waals surface area contributed by atoms with Crippen molar-refractivity contribution in [3.8, 4) is 0 Å². The lowest BCUT2D eigenvalue weighted by molar-refractivity contribution is -0.438. The molecule has 0 saturated carbocycles. The van der Waals surface area contributed by atoms with Crippen LogP contribution in [0.2, 0.25) is 0 Å². The minimum absolute atomic E-state index is 0.00571. The van der Waals surface area contributed by atoms with E-state index in [9.17, 15) is 40.3 Å². The van der Waals surface area contributed by atoms with Crippen molar-refractivity contribution < 1.29 is 50.0 Å². The Morgan fingerprint density at radius 2 is 1.51 bits per heavy atom. The maximum Gasteiger partial charge on any atom is 0.303 e. The van der Waals surface area contributed by atoms with Gasteiger partial charge in [-0.3, -0.25) is 23.5 Å². The van der Waals surface area contributed by atoms with Gasteiger partial charge < -0.3 is 20.6 Å². The number of unbranched alkanes of at least 4 members (excludes halogenated alkanes) is 3. The van der Waals surface area contributed by atoms with Crippen molar-refractivity contribution in [2.45, 2.75) is 115 Å². The van der Waals surface area contributed by atoms with E-state index in [1.807, 2.05) is 57.2 Å². The SMILES string of the molecule is CCCC[N+]1=C(/C=C/C2=CC(=C/C=C3/N(CCC)c4ccc(S(=O)(=O)O)cc4C3(C)C)/CC(C(=O)NCCCCCC(=O)O)(C(=O)NCCS(=O)(=O)O)C2)C(C)(C)c2ccccc21. The molecule has 0 saturated heterocycles. The molecule has 5 rings (SSSR count). The summed E-state index contributed by atoms with van der Waals surface area (Å²) < 4.78 is 69.5. The van der Waals surface area contributed by atoms with Crippen LogP contribution in [-0.2, 0) is 45.4 Å². The topological polar surface area (TPSA) is 210 Å². The number of hydrogen-bond donors (Lipinski definition) is 5. The highest BCUT2D eigenvalue weighted by atomic mass is 32.2. The Bertz CT molecular complexity index is 2480. The minimum Gasteiger partial charge on any atom is -0.481 e. The van der Waals surface area contributed by atoms with Crippen molar-refractivity contribution in [3.05, 3.63) is 101 Å². The number of amides is 2. The summed E-state index contributed by atoms with van der Waals surface area (Å²) in [5.74, 6) is -2.95. The number of para-hydroxylation sites is 1. The molecule has 0 aromatic heterocycles. The van der Waals surface area contributed by atoms with Gasteiger partial charge in [-0.2, -0.15) is 21.4 Å². The molecule has 2 amide bonds. The fourth-order valence-electron chi connectivity index (χ4n) is 9.00. The van der Waals surface area contributed by atoms with Crippen LogP contribution in [0.4, 0.5) is 11.4 Å². The number of hydrogen-bond acceptors (Lipinski definition) is 8. The first-order chi connectivity index (χ1) is 29.6. The van der Waals surface area contributed by atoms with Gasteiger partial charge in [0.1, 0.15) is 12.0 Å². The number of allylic oxidation sites excluding steroid dienone is 8. The number of aliphatic carboxylic acids is 1. The highest BCUT2D eigenvalue weighted by Crippen LogP contribution is 2.49. The molecule has 3 aliphatic rings. The first-order valence-corrected chi connectivity index (χ1v) is 24.8. The van der Waals surface area contributed by atoms with E-state index in [4.69, 9.17) is 5.11 Å². The monoisotopic (exact) mass is 907 g/mol. The van der Waals surface area contributed by atoms with Gasteiger partial charge in [0.2, 0.25) is 17.5 Å². The summed E-state index contributed by atoms with van der Waals surface area (Å²) >= 11 is 0. The van der Waals surface area contributed by atoms with E-state index < -0.39 is 61.1 Å². The van der Waals surface area contributed by atoms with Crippen LogP contribution >= 0.6 is 0 Å². The Hall–Kier alpha value is -4.90. The Morgan fingerprint density at radius 3 is 2.16 bits per heavy atom. The molecule has 2 heterocycles. The fraction of sp³-hybridized carbons (Fsp3) is 0.489. The Balaban J connectivity index is 1.65. The predicted octanol–water partition coefficient (Wildman–Crippen LogP) is 7.16. The predicted molar refractivity (Wildman–Crippen MR) is 245 cm³/mol. The van der Waals surface area contributed by atoms with Gasteiger partial charge in [0.05, 0.1) is 16.1 Å². The van der Waals surface area contributed by atoms with Gasteiger partial charge in [-0.05, 0) is 86.9 Å². The third-order valence-corrected chi connectivity index (χ3v) is 13.9. The van der Waals surface area contributed by atoms with Crippen molar-refractivity contribution in [3.63, 3.8) is 0 Å². The summed E-state index contributed by atoms with van der Waals surface area (Å²) in [6.45, 7) is 13.6. The number of carbonyl (C=O) groups excluding carboxylic acids is 2. The fourth-order valence-corrected chi connectivity index (χ4v) is 9.87. The molecular formula is C47H63N4O10S2+. The third kappa shape index (κ3) is 11.3. The molecule has 342 valence electrons. The van der Waals surface area contributed by atoms with Crippen LogP contribution in [0.25, 0.3) is 0 Å². The van der Waals surface area contributed by atoms with Crippen LogP contribution < -0.4 is 15.5 Å². The van der Waals surface area contributed by atoms with Crippen molar-refractivity contribution >= 4 is 55.1 Å². The van der Waals surface area contributed by atoms with Gasteiger partial charge in [0, 0.05) is 67.0 Å². The van der Waals surface area contributed by atoms with Gasteiger partial charge >= 0.3 is 5.97 Å². The Kier molecular flexibility index (Phi) is 15.5. The molecule has 63 heavy (non-hydrogen) atoms. The maximum atomic E-state index is 14.6. The molecule has 2 aliphatic heterocycles. The van der Waals surface area contributed by atoms with E-state index in [0.29, 0.717) is 42.5 Å². The molecule has 1 unspecified atom stereocenters. The first-order valence-electron chi connectivity index (χ1n) is 21.7. The number of carboxylic acids is 1. The summed E-state index contributed by atoms with van der Waals surface area (Å²) in [4.78, 5) is 42.0. The number of carboxylic acid groups (broad SMARTS) is 1. The van der Waals surface area contributed by atoms with Crippen LogP contribution in [-0.4, -0.2) is 91.1 Å². The lowest BCUT2D eigenvalue weighted by Gasteiger charge is -2.35. The van der Waals surface area contributed by atoms with Crippen molar-refractivity contribution in [1.82, 2.24) is 10.6 Å². The van der Waals surface area contributed by atoms with E-state index in [-0.39, 0.29) is 36.1 Å². The van der Waals surface area contributed by atoms with Gasteiger partial charge in [0.15, 0.2) is 5.71 Å². The van der Waals surface area contributed by atoms with Gasteiger partial charge in [0.25, 0.3) is 20.2 Å². The minimum atomic E-state index is -4.48. The van der Waals surface area contributed by atoms with Crippen molar-refractivity contribution in [1.29, 1.82) is 0 Å². The molecule has 2 aromatic carbocycles. The quantitative estimate of drug-likeness (QED) is 0.0390. The largest absolute Gasteiger partial charge is 0.481 e. The van der Waals surface area contributed by atoms with E-state index in [2.05, 4.69) is 59.1 Å². The average Bonchev–Trinajstić information content (AvgIpc) is 3.56. The van der Waals surface area contributed by atoms with Crippen LogP contribution in [0.1, 0.15) is 110 Å². The van der Waals surface area contributed by atoms with Crippen molar-refractivity contribution in [2.24, 2.45) is 5.41 Å². The molecule has 14 nitrogen and oxygen atoms in total. The zero-order valence-electron chi connectivity index (χ0n) is 37.2. The number of anilines is 1. The van der Waals surface area contributed by atoms with E-state index in [1.54, 1.807) is 6.07 Å². The molecule has 0 spiro atoms. The van der Waals surface area contributed by atoms with Crippen molar-refractivity contribution in [2.75, 3.05) is 36.8 Å². The second-order valence-corrected chi connectivity index (χ2v) is 20.7. The third-order valence-electron chi connectivity index (χ3n) is 12.3. The molecular weight excluding hydrogens is 845 g/mol. The lowest BCUT2D eigenvalue weighted by atomic mass is 9.70. The zero-order chi connectivity index (χ0) is 46.4. The van der Waals surface area contributed by atoms with Crippen LogP contribution in [0.15, 0.2) is 94.6 Å². The van der Waals surface area contributed by atoms with Crippen LogP contribution in [0.3, 0.4) is 0 Å². The van der Waals surface area contributed by atoms with Crippen LogP contribution in [0.5, 0.6) is 0 Å². The molecule has 2 aromatic rings. The van der Waals surface area contributed by atoms with Gasteiger partial charge in [-0.15, -0.1) is 0 Å². The molecule has 1 aliphatic carbocycles. The van der Waals surface area contributed by atoms with Crippen LogP contribution in [0, 0.1) is 5.41 Å². The van der Waals surface area contributed by atoms with E-state index in [1.165, 1.54) is 17.7 Å². The summed E-state index contributed by atoms with van der Waals surface area (Å²) in [6.07, 6.45) is 13.8. The number of nitrogens with zero attached hydrogens (tertiary/aromatic N) is 2. The number of benzene rings is 2. The summed E-state index contributed by atoms with van der Waals surface area (Å²) in [6, 6.07) is 12.8. The highest BCUT2D eigenvalue weighted by Gasteiger charge is 2.49. The molecule has 0 fully saturated rings. The maximum absolute atomic E-state index is 14.6. The summed E-state index contributed by atoms with van der Waals surface area (Å²) in [7, 11) is -8.91. The molecule has 0 bridgehead atoms. The number of rotatable bonds is 20. The Morgan fingerprint density at radius 1 is 0.810 bits per heavy atom.